The van der Waals surface area contributed by atoms with E-state index in [0.717, 1.165) is 16.7 Å². The van der Waals surface area contributed by atoms with Gasteiger partial charge in [0.15, 0.2) is 0 Å². The zero-order chi connectivity index (χ0) is 22.8. The maximum absolute atomic E-state index is 13.3. The first-order valence-electron chi connectivity index (χ1n) is 10.1. The van der Waals surface area contributed by atoms with E-state index in [-0.39, 0.29) is 24.6 Å². The summed E-state index contributed by atoms with van der Waals surface area (Å²) in [6, 6.07) is 14.5. The predicted molar refractivity (Wildman–Crippen MR) is 127 cm³/mol. The van der Waals surface area contributed by atoms with Crippen molar-refractivity contribution in [1.82, 2.24) is 9.13 Å². The smallest absolute Gasteiger partial charge is 0.332 e. The van der Waals surface area contributed by atoms with Gasteiger partial charge in [-0.05, 0) is 66.2 Å². The van der Waals surface area contributed by atoms with Gasteiger partial charge in [0.2, 0.25) is 5.91 Å². The molecule has 0 fully saturated rings. The number of thiophene rings is 1. The summed E-state index contributed by atoms with van der Waals surface area (Å²) >= 11 is 1.26. The van der Waals surface area contributed by atoms with Crippen LogP contribution in [0.2, 0.25) is 0 Å². The van der Waals surface area contributed by atoms with E-state index in [1.807, 2.05) is 32.0 Å². The number of nitrogens with zero attached hydrogens (tertiary/aromatic N) is 2. The van der Waals surface area contributed by atoms with Gasteiger partial charge in [-0.1, -0.05) is 18.2 Å². The number of methoxy groups -OCH3 is 1. The molecule has 164 valence electrons. The molecule has 0 atom stereocenters. The quantitative estimate of drug-likeness (QED) is 0.488. The molecular weight excluding hydrogens is 426 g/mol. The third kappa shape index (κ3) is 4.22. The van der Waals surface area contributed by atoms with Gasteiger partial charge in [0, 0.05) is 5.69 Å². The molecule has 0 unspecified atom stereocenters. The van der Waals surface area contributed by atoms with E-state index in [2.05, 4.69) is 5.32 Å². The Bertz CT molecular complexity index is 1410. The molecule has 32 heavy (non-hydrogen) atoms. The third-order valence-electron chi connectivity index (χ3n) is 5.42. The molecule has 2 aromatic carbocycles. The number of carbonyl (C=O) groups excluding carboxylic acids is 1. The fraction of sp³-hybridized carbons (Fsp3) is 0.208. The van der Waals surface area contributed by atoms with Gasteiger partial charge < -0.3 is 10.1 Å². The lowest BCUT2D eigenvalue weighted by molar-refractivity contribution is -0.116. The van der Waals surface area contributed by atoms with Crippen LogP contribution in [0.15, 0.2) is 63.5 Å². The van der Waals surface area contributed by atoms with E-state index in [1.165, 1.54) is 20.5 Å². The number of aryl methyl sites for hydroxylation is 2. The summed E-state index contributed by atoms with van der Waals surface area (Å²) in [4.78, 5) is 39.0. The molecule has 0 saturated carbocycles. The van der Waals surface area contributed by atoms with E-state index in [0.29, 0.717) is 21.7 Å². The van der Waals surface area contributed by atoms with Gasteiger partial charge in [-0.2, -0.15) is 0 Å². The highest BCUT2D eigenvalue weighted by atomic mass is 32.1. The number of aromatic nitrogens is 2. The minimum atomic E-state index is -0.510. The number of nitrogens with one attached hydrogen (secondary N) is 1. The summed E-state index contributed by atoms with van der Waals surface area (Å²) in [5.74, 6) is 0.318. The molecule has 1 N–H and O–H groups in total. The Morgan fingerprint density at radius 1 is 1.00 bits per heavy atom. The van der Waals surface area contributed by atoms with Gasteiger partial charge >= 0.3 is 5.69 Å². The first kappa shape index (κ1) is 21.6. The number of ether oxygens (including phenoxy) is 1. The lowest BCUT2D eigenvalue weighted by Gasteiger charge is -2.13. The van der Waals surface area contributed by atoms with Gasteiger partial charge in [0.1, 0.15) is 17.0 Å². The molecule has 0 saturated heterocycles. The summed E-state index contributed by atoms with van der Waals surface area (Å²) < 4.78 is 8.12. The van der Waals surface area contributed by atoms with Crippen LogP contribution in [-0.4, -0.2) is 22.2 Å². The molecule has 0 aliphatic carbocycles. The van der Waals surface area contributed by atoms with Crippen molar-refractivity contribution < 1.29 is 9.53 Å². The number of fused-ring (bicyclic) bond motifs is 1. The highest BCUT2D eigenvalue weighted by Gasteiger charge is 2.17. The SMILES string of the molecule is COc1ccc(NC(=O)Cn2c(=O)n(Cc3ccc(C)c(C)c3)c(=O)c3sccc32)cc1. The molecule has 0 aliphatic heterocycles. The molecule has 0 aliphatic rings. The molecule has 2 heterocycles. The average Bonchev–Trinajstić information content (AvgIpc) is 3.27. The van der Waals surface area contributed by atoms with Crippen LogP contribution in [0, 0.1) is 13.8 Å². The maximum atomic E-state index is 13.3. The van der Waals surface area contributed by atoms with Gasteiger partial charge in [0.05, 0.1) is 19.2 Å². The number of hydrogen-bond donors (Lipinski definition) is 1. The molecule has 7 nitrogen and oxygen atoms in total. The van der Waals surface area contributed by atoms with Gasteiger partial charge in [-0.25, -0.2) is 4.79 Å². The number of carbonyl (C=O) groups is 1. The molecule has 4 aromatic rings. The molecule has 2 aromatic heterocycles. The van der Waals surface area contributed by atoms with Crippen LogP contribution in [0.25, 0.3) is 10.2 Å². The summed E-state index contributed by atoms with van der Waals surface area (Å²) in [7, 11) is 1.57. The highest BCUT2D eigenvalue weighted by molar-refractivity contribution is 7.17. The van der Waals surface area contributed by atoms with Gasteiger partial charge in [0.25, 0.3) is 5.56 Å². The van der Waals surface area contributed by atoms with Crippen LogP contribution in [0.3, 0.4) is 0 Å². The van der Waals surface area contributed by atoms with Crippen LogP contribution in [0.4, 0.5) is 5.69 Å². The molecule has 1 amide bonds. The summed E-state index contributed by atoms with van der Waals surface area (Å²) in [5.41, 5.74) is 3.29. The molecule has 8 heteroatoms. The number of anilines is 1. The Morgan fingerprint density at radius 3 is 2.44 bits per heavy atom. The monoisotopic (exact) mass is 449 g/mol. The van der Waals surface area contributed by atoms with Crippen molar-refractivity contribution in [2.24, 2.45) is 0 Å². The van der Waals surface area contributed by atoms with Crippen molar-refractivity contribution in [3.8, 4) is 5.75 Å². The number of amides is 1. The highest BCUT2D eigenvalue weighted by Crippen LogP contribution is 2.18. The van der Waals surface area contributed by atoms with Crippen LogP contribution < -0.4 is 21.3 Å². The minimum absolute atomic E-state index is 0.146. The molecule has 0 bridgehead atoms. The molecule has 0 spiro atoms. The molecule has 0 radical (unpaired) electrons. The number of hydrogen-bond acceptors (Lipinski definition) is 5. The lowest BCUT2D eigenvalue weighted by Crippen LogP contribution is -2.41. The average molecular weight is 450 g/mol. The van der Waals surface area contributed by atoms with Crippen molar-refractivity contribution >= 4 is 33.1 Å². The first-order chi connectivity index (χ1) is 15.4. The van der Waals surface area contributed by atoms with Crippen molar-refractivity contribution in [3.63, 3.8) is 0 Å². The first-order valence-corrected chi connectivity index (χ1v) is 11.0. The second kappa shape index (κ2) is 8.84. The van der Waals surface area contributed by atoms with E-state index in [9.17, 15) is 14.4 Å². The summed E-state index contributed by atoms with van der Waals surface area (Å²) in [5, 5.41) is 4.54. The minimum Gasteiger partial charge on any atom is -0.497 e. The summed E-state index contributed by atoms with van der Waals surface area (Å²) in [6.07, 6.45) is 0. The zero-order valence-electron chi connectivity index (χ0n) is 18.0. The van der Waals surface area contributed by atoms with Crippen molar-refractivity contribution in [1.29, 1.82) is 0 Å². The topological polar surface area (TPSA) is 82.3 Å². The van der Waals surface area contributed by atoms with Crippen LogP contribution >= 0.6 is 11.3 Å². The second-order valence-electron chi connectivity index (χ2n) is 7.59. The normalized spacial score (nSPS) is 11.0. The van der Waals surface area contributed by atoms with E-state index >= 15 is 0 Å². The Labute approximate surface area is 188 Å². The Kier molecular flexibility index (Phi) is 5.96. The van der Waals surface area contributed by atoms with E-state index in [4.69, 9.17) is 4.74 Å². The van der Waals surface area contributed by atoms with E-state index in [1.54, 1.807) is 42.8 Å². The van der Waals surface area contributed by atoms with Crippen molar-refractivity contribution in [2.45, 2.75) is 26.9 Å². The predicted octanol–water partition coefficient (Wildman–Crippen LogP) is 3.54. The number of rotatable bonds is 6. The second-order valence-corrected chi connectivity index (χ2v) is 8.51. The fourth-order valence-corrected chi connectivity index (χ4v) is 4.37. The Balaban J connectivity index is 1.68. The van der Waals surface area contributed by atoms with Crippen molar-refractivity contribution in [2.75, 3.05) is 12.4 Å². The van der Waals surface area contributed by atoms with Crippen LogP contribution in [-0.2, 0) is 17.9 Å². The maximum Gasteiger partial charge on any atom is 0.332 e. The van der Waals surface area contributed by atoms with Gasteiger partial charge in [-0.3, -0.25) is 18.7 Å². The standard InChI is InChI=1S/C24H23N3O4S/c1-15-4-5-17(12-16(15)2)13-27-23(29)22-20(10-11-32-22)26(24(27)30)14-21(28)25-18-6-8-19(31-3)9-7-18/h4-12H,13-14H2,1-3H3,(H,25,28). The van der Waals surface area contributed by atoms with Gasteiger partial charge in [-0.15, -0.1) is 11.3 Å². The van der Waals surface area contributed by atoms with Crippen molar-refractivity contribution in [3.05, 3.63) is 91.4 Å². The number of benzene rings is 2. The molecule has 4 rings (SSSR count). The Hall–Kier alpha value is -3.65. The van der Waals surface area contributed by atoms with E-state index < -0.39 is 5.69 Å². The van der Waals surface area contributed by atoms with Crippen LogP contribution in [0.5, 0.6) is 5.75 Å². The van der Waals surface area contributed by atoms with Crippen LogP contribution in [0.1, 0.15) is 16.7 Å². The third-order valence-corrected chi connectivity index (χ3v) is 6.32. The molecular formula is C24H23N3O4S. The zero-order valence-corrected chi connectivity index (χ0v) is 18.9. The summed E-state index contributed by atoms with van der Waals surface area (Å²) in [6.45, 7) is 3.95. The Morgan fingerprint density at radius 2 is 1.75 bits per heavy atom. The fourth-order valence-electron chi connectivity index (χ4n) is 3.53. The largest absolute Gasteiger partial charge is 0.497 e. The lowest BCUT2D eigenvalue weighted by atomic mass is 10.1.